The van der Waals surface area contributed by atoms with Crippen LogP contribution in [0, 0.1) is 11.6 Å². The fraction of sp³-hybridized carbons (Fsp3) is 0.368. The Kier molecular flexibility index (Phi) is 5.70. The molecule has 0 amide bonds. The molecule has 1 fully saturated rings. The Labute approximate surface area is 152 Å². The Bertz CT molecular complexity index is 830. The summed E-state index contributed by atoms with van der Waals surface area (Å²) < 4.78 is 59.2. The maximum absolute atomic E-state index is 13.3. The van der Waals surface area contributed by atoms with Gasteiger partial charge in [0.05, 0.1) is 5.75 Å². The Balaban J connectivity index is 1.74. The van der Waals surface area contributed by atoms with Crippen LogP contribution in [0.5, 0.6) is 0 Å². The summed E-state index contributed by atoms with van der Waals surface area (Å²) in [5, 5.41) is 0. The van der Waals surface area contributed by atoms with Crippen molar-refractivity contribution in [2.45, 2.75) is 24.0 Å². The maximum atomic E-state index is 13.3. The van der Waals surface area contributed by atoms with Crippen LogP contribution < -0.4 is 4.72 Å². The van der Waals surface area contributed by atoms with E-state index in [-0.39, 0.29) is 18.1 Å². The van der Waals surface area contributed by atoms with Gasteiger partial charge in [0, 0.05) is 25.2 Å². The number of halogens is 2. The van der Waals surface area contributed by atoms with Gasteiger partial charge in [-0.25, -0.2) is 21.9 Å². The minimum atomic E-state index is -3.59. The molecule has 2 aromatic carbocycles. The Morgan fingerprint density at radius 1 is 0.923 bits per heavy atom. The highest BCUT2D eigenvalue weighted by molar-refractivity contribution is 7.88. The SMILES string of the molecule is O=S(=O)(Cc1ccc(F)cc1)NCC1(c2ccc(F)cc2)CCOCC1. The third-order valence-corrected chi connectivity index (χ3v) is 6.10. The van der Waals surface area contributed by atoms with Gasteiger partial charge >= 0.3 is 0 Å². The van der Waals surface area contributed by atoms with Crippen molar-refractivity contribution in [2.24, 2.45) is 0 Å². The largest absolute Gasteiger partial charge is 0.381 e. The van der Waals surface area contributed by atoms with Crippen LogP contribution in [-0.2, 0) is 25.9 Å². The second-order valence-corrected chi connectivity index (χ2v) is 8.41. The lowest BCUT2D eigenvalue weighted by Crippen LogP contribution is -2.44. The first-order valence-corrected chi connectivity index (χ1v) is 10.1. The lowest BCUT2D eigenvalue weighted by molar-refractivity contribution is 0.0517. The highest BCUT2D eigenvalue weighted by atomic mass is 32.2. The summed E-state index contributed by atoms with van der Waals surface area (Å²) in [6, 6.07) is 11.6. The molecule has 1 aliphatic heterocycles. The normalized spacial score (nSPS) is 17.2. The van der Waals surface area contributed by atoms with E-state index in [0.29, 0.717) is 31.6 Å². The van der Waals surface area contributed by atoms with Crippen LogP contribution in [0.3, 0.4) is 0 Å². The molecule has 0 aliphatic carbocycles. The quantitative estimate of drug-likeness (QED) is 0.836. The van der Waals surface area contributed by atoms with Crippen molar-refractivity contribution in [3.63, 3.8) is 0 Å². The summed E-state index contributed by atoms with van der Waals surface area (Å²) in [5.41, 5.74) is 0.982. The summed E-state index contributed by atoms with van der Waals surface area (Å²) in [6.45, 7) is 1.26. The standard InChI is InChI=1S/C19H21F2NO3S/c20-17-5-1-15(2-6-17)13-26(23,24)22-14-19(9-11-25-12-10-19)16-3-7-18(21)8-4-16/h1-8,22H,9-14H2. The second-order valence-electron chi connectivity index (χ2n) is 6.61. The van der Waals surface area contributed by atoms with Gasteiger partial charge in [0.25, 0.3) is 0 Å². The zero-order valence-corrected chi connectivity index (χ0v) is 15.1. The van der Waals surface area contributed by atoms with E-state index < -0.39 is 21.3 Å². The van der Waals surface area contributed by atoms with E-state index in [1.807, 2.05) is 0 Å². The number of rotatable bonds is 6. The molecule has 26 heavy (non-hydrogen) atoms. The second kappa shape index (κ2) is 7.82. The van der Waals surface area contributed by atoms with Crippen LogP contribution in [0.15, 0.2) is 48.5 Å². The zero-order chi connectivity index (χ0) is 18.6. The molecule has 1 N–H and O–H groups in total. The average molecular weight is 381 g/mol. The molecule has 3 rings (SSSR count). The predicted octanol–water partition coefficient (Wildman–Crippen LogP) is 3.13. The molecule has 2 aromatic rings. The molecular formula is C19H21F2NO3S. The predicted molar refractivity (Wildman–Crippen MR) is 95.2 cm³/mol. The highest BCUT2D eigenvalue weighted by Gasteiger charge is 2.35. The van der Waals surface area contributed by atoms with Crippen LogP contribution >= 0.6 is 0 Å². The number of nitrogens with one attached hydrogen (secondary N) is 1. The molecule has 140 valence electrons. The summed E-state index contributed by atoms with van der Waals surface area (Å²) in [5.74, 6) is -0.951. The Hall–Kier alpha value is -1.83. The number of ether oxygens (including phenoxy) is 1. The first-order valence-electron chi connectivity index (χ1n) is 8.44. The number of benzene rings is 2. The summed E-state index contributed by atoms with van der Waals surface area (Å²) in [4.78, 5) is 0. The van der Waals surface area contributed by atoms with Crippen molar-refractivity contribution in [1.82, 2.24) is 4.72 Å². The van der Waals surface area contributed by atoms with Crippen LogP contribution in [0.25, 0.3) is 0 Å². The van der Waals surface area contributed by atoms with Crippen molar-refractivity contribution in [3.8, 4) is 0 Å². The highest BCUT2D eigenvalue weighted by Crippen LogP contribution is 2.34. The smallest absolute Gasteiger partial charge is 0.215 e. The maximum Gasteiger partial charge on any atom is 0.215 e. The van der Waals surface area contributed by atoms with Gasteiger partial charge in [0.1, 0.15) is 11.6 Å². The monoisotopic (exact) mass is 381 g/mol. The van der Waals surface area contributed by atoms with Gasteiger partial charge in [-0.15, -0.1) is 0 Å². The molecule has 0 saturated carbocycles. The minimum Gasteiger partial charge on any atom is -0.381 e. The van der Waals surface area contributed by atoms with Crippen LogP contribution in [0.4, 0.5) is 8.78 Å². The van der Waals surface area contributed by atoms with E-state index in [0.717, 1.165) is 5.56 Å². The van der Waals surface area contributed by atoms with Crippen molar-refractivity contribution in [1.29, 1.82) is 0 Å². The number of sulfonamides is 1. The Morgan fingerprint density at radius 2 is 1.46 bits per heavy atom. The summed E-state index contributed by atoms with van der Waals surface area (Å²) >= 11 is 0. The molecule has 0 bridgehead atoms. The van der Waals surface area contributed by atoms with Crippen LogP contribution in [0.1, 0.15) is 24.0 Å². The first-order chi connectivity index (χ1) is 12.4. The molecular weight excluding hydrogens is 360 g/mol. The lowest BCUT2D eigenvalue weighted by atomic mass is 9.74. The van der Waals surface area contributed by atoms with Crippen LogP contribution in [0.2, 0.25) is 0 Å². The first kappa shape index (κ1) is 18.9. The van der Waals surface area contributed by atoms with Gasteiger partial charge in [0.2, 0.25) is 10.0 Å². The minimum absolute atomic E-state index is 0.214. The van der Waals surface area contributed by atoms with Gasteiger partial charge in [-0.3, -0.25) is 0 Å². The van der Waals surface area contributed by atoms with Gasteiger partial charge in [-0.1, -0.05) is 24.3 Å². The van der Waals surface area contributed by atoms with Crippen LogP contribution in [-0.4, -0.2) is 28.2 Å². The molecule has 1 aliphatic rings. The third kappa shape index (κ3) is 4.66. The molecule has 0 unspecified atom stereocenters. The van der Waals surface area contributed by atoms with E-state index in [2.05, 4.69) is 4.72 Å². The molecule has 7 heteroatoms. The fourth-order valence-corrected chi connectivity index (χ4v) is 4.46. The number of hydrogen-bond donors (Lipinski definition) is 1. The molecule has 4 nitrogen and oxygen atoms in total. The average Bonchev–Trinajstić information content (AvgIpc) is 2.63. The lowest BCUT2D eigenvalue weighted by Gasteiger charge is -2.38. The van der Waals surface area contributed by atoms with E-state index in [1.165, 1.54) is 36.4 Å². The molecule has 0 radical (unpaired) electrons. The molecule has 1 heterocycles. The van der Waals surface area contributed by atoms with Gasteiger partial charge < -0.3 is 4.74 Å². The zero-order valence-electron chi connectivity index (χ0n) is 14.3. The van der Waals surface area contributed by atoms with Crippen molar-refractivity contribution in [3.05, 3.63) is 71.3 Å². The van der Waals surface area contributed by atoms with Gasteiger partial charge in [-0.05, 0) is 48.2 Å². The fourth-order valence-electron chi connectivity index (χ4n) is 3.23. The molecule has 0 atom stereocenters. The van der Waals surface area contributed by atoms with Crippen molar-refractivity contribution < 1.29 is 21.9 Å². The topological polar surface area (TPSA) is 55.4 Å². The summed E-state index contributed by atoms with van der Waals surface area (Å²) in [6.07, 6.45) is 1.30. The third-order valence-electron chi connectivity index (χ3n) is 4.81. The van der Waals surface area contributed by atoms with Crippen molar-refractivity contribution >= 4 is 10.0 Å². The summed E-state index contributed by atoms with van der Waals surface area (Å²) in [7, 11) is -3.59. The van der Waals surface area contributed by atoms with E-state index in [1.54, 1.807) is 12.1 Å². The van der Waals surface area contributed by atoms with E-state index in [9.17, 15) is 17.2 Å². The van der Waals surface area contributed by atoms with Gasteiger partial charge in [-0.2, -0.15) is 0 Å². The van der Waals surface area contributed by atoms with Crippen molar-refractivity contribution in [2.75, 3.05) is 19.8 Å². The molecule has 0 aromatic heterocycles. The van der Waals surface area contributed by atoms with Gasteiger partial charge in [0.15, 0.2) is 0 Å². The van der Waals surface area contributed by atoms with E-state index >= 15 is 0 Å². The Morgan fingerprint density at radius 3 is 2.04 bits per heavy atom. The molecule has 1 saturated heterocycles. The van der Waals surface area contributed by atoms with E-state index in [4.69, 9.17) is 4.74 Å². The number of hydrogen-bond acceptors (Lipinski definition) is 3. The molecule has 0 spiro atoms.